The van der Waals surface area contributed by atoms with Crippen LogP contribution in [-0.2, 0) is 6.54 Å². The summed E-state index contributed by atoms with van der Waals surface area (Å²) in [4.78, 5) is 17.9. The zero-order valence-corrected chi connectivity index (χ0v) is 12.0. The largest absolute Gasteiger partial charge is 0.323 e. The Hall–Kier alpha value is -2.87. The van der Waals surface area contributed by atoms with Crippen molar-refractivity contribution in [2.75, 3.05) is 12.4 Å². The van der Waals surface area contributed by atoms with Gasteiger partial charge < -0.3 is 4.90 Å². The van der Waals surface area contributed by atoms with Crippen molar-refractivity contribution in [1.82, 2.24) is 9.88 Å². The smallest absolute Gasteiger partial charge is 0.323 e. The highest BCUT2D eigenvalue weighted by molar-refractivity contribution is 5.88. The maximum Gasteiger partial charge on any atom is 0.323 e. The number of nitrogens with one attached hydrogen (secondary N) is 1. The van der Waals surface area contributed by atoms with Gasteiger partial charge in [0.2, 0.25) is 0 Å². The number of carbonyl (C=O) groups excluding carboxylic acids is 1. The number of pyridine rings is 1. The van der Waals surface area contributed by atoms with E-state index in [1.807, 2.05) is 31.2 Å². The van der Waals surface area contributed by atoms with Gasteiger partial charge in [-0.15, -0.1) is 0 Å². The van der Waals surface area contributed by atoms with Gasteiger partial charge >= 0.3 is 6.03 Å². The first-order valence-electron chi connectivity index (χ1n) is 6.53. The van der Waals surface area contributed by atoms with E-state index in [0.29, 0.717) is 17.9 Å². The number of benzene rings is 1. The molecule has 0 fully saturated rings. The molecule has 0 atom stereocenters. The van der Waals surface area contributed by atoms with Gasteiger partial charge in [0.15, 0.2) is 0 Å². The van der Waals surface area contributed by atoms with Gasteiger partial charge in [-0.05, 0) is 36.8 Å². The van der Waals surface area contributed by atoms with E-state index in [-0.39, 0.29) is 6.03 Å². The molecule has 1 N–H and O–H groups in total. The molecule has 0 unspecified atom stereocenters. The second-order valence-corrected chi connectivity index (χ2v) is 4.76. The lowest BCUT2D eigenvalue weighted by atomic mass is 10.1. The summed E-state index contributed by atoms with van der Waals surface area (Å²) in [5, 5.41) is 11.6. The van der Waals surface area contributed by atoms with E-state index >= 15 is 0 Å². The predicted molar refractivity (Wildman–Crippen MR) is 80.6 cm³/mol. The number of hydrogen-bond donors (Lipinski definition) is 1. The normalized spacial score (nSPS) is 9.76. The SMILES string of the molecule is Cc1cccc(NC(=O)N(C)Cc2cccc(C#N)c2)n1. The summed E-state index contributed by atoms with van der Waals surface area (Å²) in [6, 6.07) is 14.5. The lowest BCUT2D eigenvalue weighted by molar-refractivity contribution is 0.220. The number of rotatable bonds is 3. The van der Waals surface area contributed by atoms with Gasteiger partial charge in [0, 0.05) is 19.3 Å². The average Bonchev–Trinajstić information content (AvgIpc) is 2.47. The van der Waals surface area contributed by atoms with E-state index in [1.165, 1.54) is 0 Å². The maximum atomic E-state index is 12.1. The molecule has 0 spiro atoms. The monoisotopic (exact) mass is 280 g/mol. The van der Waals surface area contributed by atoms with Gasteiger partial charge in [-0.25, -0.2) is 9.78 Å². The third kappa shape index (κ3) is 4.05. The number of aromatic nitrogens is 1. The van der Waals surface area contributed by atoms with Crippen LogP contribution in [0, 0.1) is 18.3 Å². The molecule has 2 amide bonds. The molecule has 1 heterocycles. The van der Waals surface area contributed by atoms with E-state index in [2.05, 4.69) is 16.4 Å². The molecule has 5 heteroatoms. The minimum atomic E-state index is -0.240. The molecule has 1 aromatic heterocycles. The molecular formula is C16H16N4O. The van der Waals surface area contributed by atoms with Gasteiger partial charge in [0.1, 0.15) is 5.82 Å². The summed E-state index contributed by atoms with van der Waals surface area (Å²) in [6.45, 7) is 2.29. The molecule has 5 nitrogen and oxygen atoms in total. The number of urea groups is 1. The molecule has 1 aromatic carbocycles. The molecule has 106 valence electrons. The van der Waals surface area contributed by atoms with Crippen LogP contribution in [0.15, 0.2) is 42.5 Å². The summed E-state index contributed by atoms with van der Waals surface area (Å²) in [6.07, 6.45) is 0. The molecule has 0 aliphatic carbocycles. The first-order valence-corrected chi connectivity index (χ1v) is 6.53. The van der Waals surface area contributed by atoms with Crippen molar-refractivity contribution in [2.45, 2.75) is 13.5 Å². The molecule has 0 radical (unpaired) electrons. The number of amides is 2. The Morgan fingerprint density at radius 1 is 1.33 bits per heavy atom. The van der Waals surface area contributed by atoms with Crippen molar-refractivity contribution < 1.29 is 4.79 Å². The number of carbonyl (C=O) groups is 1. The lowest BCUT2D eigenvalue weighted by Gasteiger charge is -2.18. The average molecular weight is 280 g/mol. The highest BCUT2D eigenvalue weighted by atomic mass is 16.2. The van der Waals surface area contributed by atoms with Crippen molar-refractivity contribution in [3.8, 4) is 6.07 Å². The van der Waals surface area contributed by atoms with Gasteiger partial charge in [0.05, 0.1) is 11.6 Å². The Kier molecular flexibility index (Phi) is 4.52. The number of anilines is 1. The van der Waals surface area contributed by atoms with Crippen LogP contribution in [0.3, 0.4) is 0 Å². The van der Waals surface area contributed by atoms with Crippen LogP contribution in [0.2, 0.25) is 0 Å². The van der Waals surface area contributed by atoms with Gasteiger partial charge in [-0.1, -0.05) is 18.2 Å². The van der Waals surface area contributed by atoms with Crippen molar-refractivity contribution >= 4 is 11.8 Å². The van der Waals surface area contributed by atoms with Crippen molar-refractivity contribution in [1.29, 1.82) is 5.26 Å². The maximum absolute atomic E-state index is 12.1. The van der Waals surface area contributed by atoms with Gasteiger partial charge in [0.25, 0.3) is 0 Å². The lowest BCUT2D eigenvalue weighted by Crippen LogP contribution is -2.31. The van der Waals surface area contributed by atoms with Crippen LogP contribution in [0.4, 0.5) is 10.6 Å². The van der Waals surface area contributed by atoms with Gasteiger partial charge in [-0.3, -0.25) is 5.32 Å². The van der Waals surface area contributed by atoms with Crippen LogP contribution >= 0.6 is 0 Å². The van der Waals surface area contributed by atoms with E-state index in [9.17, 15) is 4.79 Å². The zero-order valence-electron chi connectivity index (χ0n) is 12.0. The molecule has 0 saturated heterocycles. The van der Waals surface area contributed by atoms with E-state index in [1.54, 1.807) is 30.1 Å². The standard InChI is InChI=1S/C16H16N4O/c1-12-5-3-8-15(18-12)19-16(21)20(2)11-14-7-4-6-13(9-14)10-17/h3-9H,11H2,1-2H3,(H,18,19,21). The van der Waals surface area contributed by atoms with E-state index < -0.39 is 0 Å². The highest BCUT2D eigenvalue weighted by Crippen LogP contribution is 2.09. The topological polar surface area (TPSA) is 69.0 Å². The molecule has 0 aliphatic heterocycles. The van der Waals surface area contributed by atoms with Crippen molar-refractivity contribution in [3.05, 3.63) is 59.3 Å². The van der Waals surface area contributed by atoms with Crippen molar-refractivity contribution in [2.24, 2.45) is 0 Å². The first kappa shape index (κ1) is 14.5. The molecule has 0 aliphatic rings. The van der Waals surface area contributed by atoms with E-state index in [0.717, 1.165) is 11.3 Å². The molecule has 2 rings (SSSR count). The number of nitriles is 1. The summed E-state index contributed by atoms with van der Waals surface area (Å²) in [5.41, 5.74) is 2.34. The third-order valence-electron chi connectivity index (χ3n) is 2.95. The van der Waals surface area contributed by atoms with Crippen molar-refractivity contribution in [3.63, 3.8) is 0 Å². The molecule has 0 saturated carbocycles. The van der Waals surface area contributed by atoms with Crippen LogP contribution in [-0.4, -0.2) is 23.0 Å². The highest BCUT2D eigenvalue weighted by Gasteiger charge is 2.10. The summed E-state index contributed by atoms with van der Waals surface area (Å²) in [7, 11) is 1.70. The minimum Gasteiger partial charge on any atom is -0.323 e. The molecule has 21 heavy (non-hydrogen) atoms. The summed E-state index contributed by atoms with van der Waals surface area (Å²) in [5.74, 6) is 0.526. The molecule has 0 bridgehead atoms. The van der Waals surface area contributed by atoms with Crippen LogP contribution < -0.4 is 5.32 Å². The Labute approximate surface area is 123 Å². The van der Waals surface area contributed by atoms with Crippen LogP contribution in [0.25, 0.3) is 0 Å². The Bertz CT molecular complexity index is 691. The fourth-order valence-electron chi connectivity index (χ4n) is 1.90. The third-order valence-corrected chi connectivity index (χ3v) is 2.95. The zero-order chi connectivity index (χ0) is 15.2. The number of nitrogens with zero attached hydrogens (tertiary/aromatic N) is 3. The fourth-order valence-corrected chi connectivity index (χ4v) is 1.90. The summed E-state index contributed by atoms with van der Waals surface area (Å²) >= 11 is 0. The van der Waals surface area contributed by atoms with Gasteiger partial charge in [-0.2, -0.15) is 5.26 Å². The minimum absolute atomic E-state index is 0.240. The number of aryl methyl sites for hydroxylation is 1. The van der Waals surface area contributed by atoms with Crippen LogP contribution in [0.5, 0.6) is 0 Å². The Morgan fingerprint density at radius 3 is 2.81 bits per heavy atom. The summed E-state index contributed by atoms with van der Waals surface area (Å²) < 4.78 is 0. The molecule has 2 aromatic rings. The Morgan fingerprint density at radius 2 is 2.10 bits per heavy atom. The first-order chi connectivity index (χ1) is 10.1. The quantitative estimate of drug-likeness (QED) is 0.939. The second kappa shape index (κ2) is 6.53. The Balaban J connectivity index is 2.01. The van der Waals surface area contributed by atoms with E-state index in [4.69, 9.17) is 5.26 Å². The predicted octanol–water partition coefficient (Wildman–Crippen LogP) is 2.93. The fraction of sp³-hybridized carbons (Fsp3) is 0.188. The molecular weight excluding hydrogens is 264 g/mol. The van der Waals surface area contributed by atoms with Crippen LogP contribution in [0.1, 0.15) is 16.8 Å². The second-order valence-electron chi connectivity index (χ2n) is 4.76. The number of hydrogen-bond acceptors (Lipinski definition) is 3.